The van der Waals surface area contributed by atoms with Crippen molar-refractivity contribution in [1.82, 2.24) is 14.8 Å². The van der Waals surface area contributed by atoms with Crippen LogP contribution in [0.25, 0.3) is 0 Å². The second-order valence-corrected chi connectivity index (χ2v) is 10.9. The number of anilines is 1. The van der Waals surface area contributed by atoms with Gasteiger partial charge >= 0.3 is 0 Å². The summed E-state index contributed by atoms with van der Waals surface area (Å²) in [7, 11) is 1.90. The molecule has 0 aliphatic carbocycles. The van der Waals surface area contributed by atoms with E-state index in [1.807, 2.05) is 48.0 Å². The summed E-state index contributed by atoms with van der Waals surface area (Å²) in [5.41, 5.74) is 3.90. The summed E-state index contributed by atoms with van der Waals surface area (Å²) in [5.74, 6) is 0.0000859. The number of amides is 2. The number of aliphatic hydroxyl groups excluding tert-OH is 1. The molecule has 3 heterocycles. The van der Waals surface area contributed by atoms with E-state index in [1.54, 1.807) is 54.5 Å². The number of hydrogen-bond acceptors (Lipinski definition) is 8. The Morgan fingerprint density at radius 2 is 1.55 bits per heavy atom. The number of benzene rings is 3. The number of fused-ring (bicyclic) bond motifs is 1. The van der Waals surface area contributed by atoms with E-state index < -0.39 is 6.29 Å². The maximum Gasteiger partial charge on any atom is 0.266 e. The first kappa shape index (κ1) is 26.4. The molecule has 1 aromatic heterocycles. The molecule has 0 spiro atoms. The van der Waals surface area contributed by atoms with E-state index in [1.165, 1.54) is 4.90 Å². The van der Waals surface area contributed by atoms with Crippen LogP contribution in [0.2, 0.25) is 0 Å². The van der Waals surface area contributed by atoms with Gasteiger partial charge in [0.2, 0.25) is 0 Å². The molecule has 2 aliphatic heterocycles. The lowest BCUT2D eigenvalue weighted by molar-refractivity contribution is -0.268. The van der Waals surface area contributed by atoms with Crippen LogP contribution in [0.5, 0.6) is 0 Å². The highest BCUT2D eigenvalue weighted by Gasteiger charge is 2.39. The Kier molecular flexibility index (Phi) is 7.24. The maximum absolute atomic E-state index is 12.9. The number of ether oxygens (including phenoxy) is 2. The van der Waals surface area contributed by atoms with Crippen molar-refractivity contribution < 1.29 is 24.2 Å². The highest BCUT2D eigenvalue weighted by molar-refractivity contribution is 7.99. The van der Waals surface area contributed by atoms with E-state index >= 15 is 0 Å². The fourth-order valence-corrected chi connectivity index (χ4v) is 6.13. The Morgan fingerprint density at radius 3 is 2.15 bits per heavy atom. The largest absolute Gasteiger partial charge is 0.392 e. The van der Waals surface area contributed by atoms with E-state index in [2.05, 4.69) is 17.1 Å². The van der Waals surface area contributed by atoms with Crippen LogP contribution in [0, 0.1) is 5.92 Å². The number of carbonyl (C=O) groups excluding carboxylic acids is 2. The van der Waals surface area contributed by atoms with Gasteiger partial charge in [0, 0.05) is 24.3 Å². The van der Waals surface area contributed by atoms with E-state index in [0.29, 0.717) is 22.6 Å². The van der Waals surface area contributed by atoms with Crippen molar-refractivity contribution in [3.63, 3.8) is 0 Å². The number of rotatable bonds is 7. The number of nitrogens with zero attached hydrogens (tertiary/aromatic N) is 4. The highest BCUT2D eigenvalue weighted by atomic mass is 32.2. The molecular formula is C30H28N4O5S. The second kappa shape index (κ2) is 11.0. The Balaban J connectivity index is 1.26. The molecule has 10 heteroatoms. The normalized spacial score (nSPS) is 22.5. The van der Waals surface area contributed by atoms with Gasteiger partial charge in [-0.25, -0.2) is 4.90 Å². The summed E-state index contributed by atoms with van der Waals surface area (Å²) in [4.78, 5) is 27.1. The van der Waals surface area contributed by atoms with Crippen molar-refractivity contribution in [2.75, 3.05) is 10.7 Å². The molecule has 2 aliphatic rings. The Labute approximate surface area is 235 Å². The fraction of sp³-hybridized carbons (Fsp3) is 0.267. The van der Waals surface area contributed by atoms with Crippen LogP contribution >= 0.6 is 11.8 Å². The number of aryl methyl sites for hydroxylation is 1. The zero-order chi connectivity index (χ0) is 27.8. The van der Waals surface area contributed by atoms with Gasteiger partial charge in [0.15, 0.2) is 11.4 Å². The number of imide groups is 1. The van der Waals surface area contributed by atoms with Crippen LogP contribution < -0.4 is 4.90 Å². The number of thioether (sulfide) groups is 1. The molecule has 40 heavy (non-hydrogen) atoms. The zero-order valence-corrected chi connectivity index (χ0v) is 22.8. The lowest BCUT2D eigenvalue weighted by Gasteiger charge is -2.41. The molecule has 1 fully saturated rings. The summed E-state index contributed by atoms with van der Waals surface area (Å²) in [5, 5.41) is 18.4. The van der Waals surface area contributed by atoms with E-state index in [0.717, 1.165) is 21.8 Å². The van der Waals surface area contributed by atoms with Crippen LogP contribution in [-0.4, -0.2) is 43.5 Å². The average molecular weight is 557 g/mol. The van der Waals surface area contributed by atoms with Gasteiger partial charge in [0.05, 0.1) is 35.6 Å². The summed E-state index contributed by atoms with van der Waals surface area (Å²) < 4.78 is 14.9. The van der Waals surface area contributed by atoms with Crippen LogP contribution in [0.4, 0.5) is 5.69 Å². The van der Waals surface area contributed by atoms with E-state index in [-0.39, 0.29) is 36.5 Å². The molecule has 204 valence electrons. The minimum absolute atomic E-state index is 0.0228. The third-order valence-electron chi connectivity index (χ3n) is 7.39. The molecule has 0 radical (unpaired) electrons. The molecule has 0 bridgehead atoms. The van der Waals surface area contributed by atoms with Gasteiger partial charge in [-0.05, 0) is 35.4 Å². The molecule has 4 aromatic rings. The minimum Gasteiger partial charge on any atom is -0.392 e. The fourth-order valence-electron chi connectivity index (χ4n) is 5.07. The molecule has 6 rings (SSSR count). The topological polar surface area (TPSA) is 107 Å². The van der Waals surface area contributed by atoms with Crippen molar-refractivity contribution in [3.8, 4) is 0 Å². The number of aliphatic hydroxyl groups is 1. The molecule has 0 saturated carbocycles. The molecule has 0 unspecified atom stereocenters. The van der Waals surface area contributed by atoms with Gasteiger partial charge in [0.25, 0.3) is 11.8 Å². The first-order valence-corrected chi connectivity index (χ1v) is 14.0. The summed E-state index contributed by atoms with van der Waals surface area (Å²) in [6.07, 6.45) is 0.576. The number of aromatic nitrogens is 3. The summed E-state index contributed by atoms with van der Waals surface area (Å²) in [6.45, 7) is 2.08. The minimum atomic E-state index is -0.667. The molecule has 1 N–H and O–H groups in total. The van der Waals surface area contributed by atoms with E-state index in [4.69, 9.17) is 9.47 Å². The average Bonchev–Trinajstić information content (AvgIpc) is 3.52. The third kappa shape index (κ3) is 4.84. The lowest BCUT2D eigenvalue weighted by Crippen LogP contribution is -2.38. The van der Waals surface area contributed by atoms with Crippen LogP contribution in [0.3, 0.4) is 0 Å². The molecule has 1 saturated heterocycles. The Morgan fingerprint density at radius 1 is 0.900 bits per heavy atom. The summed E-state index contributed by atoms with van der Waals surface area (Å²) >= 11 is 1.57. The van der Waals surface area contributed by atoms with Crippen LogP contribution in [0.15, 0.2) is 84.3 Å². The lowest BCUT2D eigenvalue weighted by atomic mass is 9.91. The van der Waals surface area contributed by atoms with Gasteiger partial charge in [-0.1, -0.05) is 67.2 Å². The predicted molar refractivity (Wildman–Crippen MR) is 149 cm³/mol. The monoisotopic (exact) mass is 556 g/mol. The van der Waals surface area contributed by atoms with Crippen molar-refractivity contribution >= 4 is 29.3 Å². The smallest absolute Gasteiger partial charge is 0.266 e. The third-order valence-corrected chi connectivity index (χ3v) is 8.51. The molecule has 2 amide bonds. The van der Waals surface area contributed by atoms with Gasteiger partial charge in [-0.3, -0.25) is 9.59 Å². The van der Waals surface area contributed by atoms with Crippen molar-refractivity contribution in [2.24, 2.45) is 13.0 Å². The van der Waals surface area contributed by atoms with Crippen LogP contribution in [0.1, 0.15) is 56.7 Å². The van der Waals surface area contributed by atoms with E-state index in [9.17, 15) is 14.7 Å². The van der Waals surface area contributed by atoms with Gasteiger partial charge in [-0.2, -0.15) is 0 Å². The first-order valence-electron chi connectivity index (χ1n) is 13.0. The standard InChI is InChI=1S/C30H28N4O5S/c1-18-25(16-40-30-32-31-17-33(30)2)38-29(39-26(18)20-9-7-19(15-35)8-10-20)21-11-13-22(14-12-21)34-27(36)23-5-3-4-6-24(23)28(34)37/h3-14,17-18,25-26,29,35H,15-16H2,1-2H3/t18-,25+,26+,29+/m0/s1. The molecule has 4 atom stereocenters. The predicted octanol–water partition coefficient (Wildman–Crippen LogP) is 4.69. The van der Waals surface area contributed by atoms with Gasteiger partial charge in [0.1, 0.15) is 6.33 Å². The molecular weight excluding hydrogens is 528 g/mol. The summed E-state index contributed by atoms with van der Waals surface area (Å²) in [6, 6.07) is 21.8. The number of hydrogen-bond donors (Lipinski definition) is 1. The number of carbonyl (C=O) groups is 2. The highest BCUT2D eigenvalue weighted by Crippen LogP contribution is 2.43. The Hall–Kier alpha value is -3.83. The zero-order valence-electron chi connectivity index (χ0n) is 22.0. The van der Waals surface area contributed by atoms with Crippen LogP contribution in [-0.2, 0) is 23.1 Å². The van der Waals surface area contributed by atoms with Crippen molar-refractivity contribution in [3.05, 3.63) is 107 Å². The van der Waals surface area contributed by atoms with Gasteiger partial charge in [-0.15, -0.1) is 10.2 Å². The SMILES string of the molecule is C[C@H]1[C@@H](CSc2nncn2C)O[C@@H](c2ccc(N3C(=O)c4ccccc4C3=O)cc2)O[C@H]1c1ccc(CO)cc1. The van der Waals surface area contributed by atoms with Crippen molar-refractivity contribution in [2.45, 2.75) is 37.2 Å². The molecule has 3 aromatic carbocycles. The van der Waals surface area contributed by atoms with Crippen molar-refractivity contribution in [1.29, 1.82) is 0 Å². The second-order valence-electron chi connectivity index (χ2n) is 9.94. The maximum atomic E-state index is 12.9. The quantitative estimate of drug-likeness (QED) is 0.258. The Bertz CT molecular complexity index is 1500. The first-order chi connectivity index (χ1) is 19.4. The molecule has 9 nitrogen and oxygen atoms in total. The van der Waals surface area contributed by atoms with Gasteiger partial charge < -0.3 is 19.1 Å².